The first kappa shape index (κ1) is 9.10. The van der Waals surface area contributed by atoms with E-state index in [9.17, 15) is 0 Å². The van der Waals surface area contributed by atoms with Crippen LogP contribution in [-0.2, 0) is 4.74 Å². The summed E-state index contributed by atoms with van der Waals surface area (Å²) < 4.78 is 4.77. The van der Waals surface area contributed by atoms with Crippen LogP contribution in [0.15, 0.2) is 12.3 Å². The van der Waals surface area contributed by atoms with Gasteiger partial charge in [0.05, 0.1) is 13.4 Å². The van der Waals surface area contributed by atoms with Gasteiger partial charge in [-0.25, -0.2) is 0 Å². The van der Waals surface area contributed by atoms with Crippen LogP contribution in [-0.4, -0.2) is 7.11 Å². The Morgan fingerprint density at radius 2 is 2.20 bits per heavy atom. The summed E-state index contributed by atoms with van der Waals surface area (Å²) >= 11 is 0. The molecule has 0 spiro atoms. The highest BCUT2D eigenvalue weighted by molar-refractivity contribution is 5.00. The van der Waals surface area contributed by atoms with E-state index in [2.05, 4.69) is 19.8 Å². The Hall–Kier alpha value is -0.900. The summed E-state index contributed by atoms with van der Waals surface area (Å²) in [6.07, 6.45) is 9.53. The third-order valence-corrected chi connectivity index (χ3v) is 1.21. The SMILES string of the molecule is C#CCC(C)(C)/C=C\OC. The molecule has 0 radical (unpaired) electrons. The van der Waals surface area contributed by atoms with Crippen LogP contribution < -0.4 is 0 Å². The summed E-state index contributed by atoms with van der Waals surface area (Å²) in [6.45, 7) is 4.14. The molecule has 1 nitrogen and oxygen atoms in total. The fourth-order valence-corrected chi connectivity index (χ4v) is 0.574. The van der Waals surface area contributed by atoms with E-state index in [-0.39, 0.29) is 5.41 Å². The zero-order valence-electron chi connectivity index (χ0n) is 6.85. The first-order valence-electron chi connectivity index (χ1n) is 3.26. The lowest BCUT2D eigenvalue weighted by Crippen LogP contribution is -2.05. The molecule has 0 heterocycles. The van der Waals surface area contributed by atoms with Gasteiger partial charge in [-0.1, -0.05) is 13.8 Å². The number of methoxy groups -OCH3 is 1. The highest BCUT2D eigenvalue weighted by atomic mass is 16.5. The van der Waals surface area contributed by atoms with Crippen molar-refractivity contribution < 1.29 is 4.74 Å². The van der Waals surface area contributed by atoms with Crippen molar-refractivity contribution in [2.75, 3.05) is 7.11 Å². The Kier molecular flexibility index (Phi) is 3.64. The van der Waals surface area contributed by atoms with Crippen LogP contribution in [0.1, 0.15) is 20.3 Å². The first-order chi connectivity index (χ1) is 4.62. The smallest absolute Gasteiger partial charge is 0.0790 e. The van der Waals surface area contributed by atoms with Gasteiger partial charge in [-0.15, -0.1) is 12.3 Å². The molecule has 0 saturated heterocycles. The minimum atomic E-state index is 0.0603. The maximum absolute atomic E-state index is 5.16. The van der Waals surface area contributed by atoms with Crippen molar-refractivity contribution >= 4 is 0 Å². The molecule has 0 unspecified atom stereocenters. The molecule has 0 amide bonds. The summed E-state index contributed by atoms with van der Waals surface area (Å²) in [7, 11) is 1.63. The van der Waals surface area contributed by atoms with Gasteiger partial charge in [0.15, 0.2) is 0 Å². The fraction of sp³-hybridized carbons (Fsp3) is 0.556. The summed E-state index contributed by atoms with van der Waals surface area (Å²) in [5.74, 6) is 2.61. The van der Waals surface area contributed by atoms with Gasteiger partial charge in [0.1, 0.15) is 0 Å². The minimum Gasteiger partial charge on any atom is -0.505 e. The molecule has 10 heavy (non-hydrogen) atoms. The molecular weight excluding hydrogens is 124 g/mol. The molecule has 0 N–H and O–H groups in total. The molecule has 0 fully saturated rings. The zero-order chi connectivity index (χ0) is 8.04. The minimum absolute atomic E-state index is 0.0603. The summed E-state index contributed by atoms with van der Waals surface area (Å²) in [4.78, 5) is 0. The second kappa shape index (κ2) is 4.00. The molecular formula is C9H14O. The largest absolute Gasteiger partial charge is 0.505 e. The summed E-state index contributed by atoms with van der Waals surface area (Å²) in [5, 5.41) is 0. The monoisotopic (exact) mass is 138 g/mol. The lowest BCUT2D eigenvalue weighted by Gasteiger charge is -2.15. The molecule has 1 heteroatoms. The van der Waals surface area contributed by atoms with Crippen LogP contribution >= 0.6 is 0 Å². The third kappa shape index (κ3) is 4.03. The summed E-state index contributed by atoms with van der Waals surface area (Å²) in [5.41, 5.74) is 0.0603. The van der Waals surface area contributed by atoms with Gasteiger partial charge in [0, 0.05) is 6.42 Å². The number of hydrogen-bond donors (Lipinski definition) is 0. The van der Waals surface area contributed by atoms with Crippen molar-refractivity contribution in [1.29, 1.82) is 0 Å². The molecule has 0 atom stereocenters. The highest BCUT2D eigenvalue weighted by Gasteiger charge is 2.10. The second-order valence-corrected chi connectivity index (χ2v) is 2.91. The van der Waals surface area contributed by atoms with E-state index in [1.54, 1.807) is 13.4 Å². The van der Waals surface area contributed by atoms with Gasteiger partial charge >= 0.3 is 0 Å². The van der Waals surface area contributed by atoms with E-state index in [4.69, 9.17) is 11.2 Å². The quantitative estimate of drug-likeness (QED) is 0.429. The van der Waals surface area contributed by atoms with Gasteiger partial charge in [-0.3, -0.25) is 0 Å². The van der Waals surface area contributed by atoms with Crippen molar-refractivity contribution in [3.63, 3.8) is 0 Å². The highest BCUT2D eigenvalue weighted by Crippen LogP contribution is 2.20. The van der Waals surface area contributed by atoms with Crippen LogP contribution in [0.3, 0.4) is 0 Å². The summed E-state index contributed by atoms with van der Waals surface area (Å²) in [6, 6.07) is 0. The Morgan fingerprint density at radius 3 is 2.60 bits per heavy atom. The van der Waals surface area contributed by atoms with Gasteiger partial charge in [-0.2, -0.15) is 0 Å². The first-order valence-corrected chi connectivity index (χ1v) is 3.26. The Balaban J connectivity index is 3.88. The number of hydrogen-bond acceptors (Lipinski definition) is 1. The molecule has 0 aromatic heterocycles. The predicted molar refractivity (Wildman–Crippen MR) is 43.4 cm³/mol. The molecule has 0 bridgehead atoms. The van der Waals surface area contributed by atoms with Crippen LogP contribution in [0.25, 0.3) is 0 Å². The fourth-order valence-electron chi connectivity index (χ4n) is 0.574. The average molecular weight is 138 g/mol. The maximum atomic E-state index is 5.16. The van der Waals surface area contributed by atoms with Gasteiger partial charge in [-0.05, 0) is 11.5 Å². The van der Waals surface area contributed by atoms with Crippen molar-refractivity contribution in [2.24, 2.45) is 5.41 Å². The molecule has 56 valence electrons. The van der Waals surface area contributed by atoms with E-state index < -0.39 is 0 Å². The molecule has 0 aromatic carbocycles. The lowest BCUT2D eigenvalue weighted by atomic mass is 9.90. The number of allylic oxidation sites excluding steroid dienone is 1. The number of ether oxygens (including phenoxy) is 1. The van der Waals surface area contributed by atoms with E-state index in [1.807, 2.05) is 6.08 Å². The standard InChI is InChI=1S/C9H14O/c1-5-6-9(2,3)7-8-10-4/h1,7-8H,6H2,2-4H3/b8-7-. The Bertz CT molecular complexity index is 149. The van der Waals surface area contributed by atoms with Crippen molar-refractivity contribution in [3.05, 3.63) is 12.3 Å². The Labute approximate surface area is 63.1 Å². The van der Waals surface area contributed by atoms with E-state index in [0.717, 1.165) is 6.42 Å². The van der Waals surface area contributed by atoms with Gasteiger partial charge in [0.2, 0.25) is 0 Å². The number of terminal acetylenes is 1. The Morgan fingerprint density at radius 1 is 1.60 bits per heavy atom. The van der Waals surface area contributed by atoms with Crippen LogP contribution in [0.4, 0.5) is 0 Å². The average Bonchev–Trinajstić information content (AvgIpc) is 1.84. The van der Waals surface area contributed by atoms with E-state index in [0.29, 0.717) is 0 Å². The van der Waals surface area contributed by atoms with Crippen LogP contribution in [0, 0.1) is 17.8 Å². The zero-order valence-corrected chi connectivity index (χ0v) is 6.85. The van der Waals surface area contributed by atoms with Crippen molar-refractivity contribution in [3.8, 4) is 12.3 Å². The molecule has 0 aliphatic carbocycles. The normalized spacial score (nSPS) is 11.4. The third-order valence-electron chi connectivity index (χ3n) is 1.21. The molecule has 0 aliphatic heterocycles. The van der Waals surface area contributed by atoms with Crippen molar-refractivity contribution in [1.82, 2.24) is 0 Å². The van der Waals surface area contributed by atoms with Crippen LogP contribution in [0.2, 0.25) is 0 Å². The molecule has 0 saturated carbocycles. The second-order valence-electron chi connectivity index (χ2n) is 2.91. The molecule has 0 aromatic rings. The van der Waals surface area contributed by atoms with Gasteiger partial charge in [0.25, 0.3) is 0 Å². The number of rotatable bonds is 3. The molecule has 0 rings (SSSR count). The molecule has 0 aliphatic rings. The lowest BCUT2D eigenvalue weighted by molar-refractivity contribution is 0.327. The topological polar surface area (TPSA) is 9.23 Å². The van der Waals surface area contributed by atoms with Crippen molar-refractivity contribution in [2.45, 2.75) is 20.3 Å². The van der Waals surface area contributed by atoms with E-state index >= 15 is 0 Å². The predicted octanol–water partition coefficient (Wildman–Crippen LogP) is 2.20. The van der Waals surface area contributed by atoms with Gasteiger partial charge < -0.3 is 4.74 Å². The van der Waals surface area contributed by atoms with Crippen LogP contribution in [0.5, 0.6) is 0 Å². The van der Waals surface area contributed by atoms with E-state index in [1.165, 1.54) is 0 Å². The maximum Gasteiger partial charge on any atom is 0.0790 e.